The van der Waals surface area contributed by atoms with Crippen molar-refractivity contribution in [2.24, 2.45) is 0 Å². The lowest BCUT2D eigenvalue weighted by molar-refractivity contribution is 0.307. The first kappa shape index (κ1) is 13.2. The number of halogens is 3. The van der Waals surface area contributed by atoms with Gasteiger partial charge in [-0.2, -0.15) is 0 Å². The molecule has 2 aromatic rings. The molecular weight excluding hydrogens is 321 g/mol. The third-order valence-corrected chi connectivity index (χ3v) is 3.35. The van der Waals surface area contributed by atoms with Gasteiger partial charge in [0.1, 0.15) is 18.2 Å². The van der Waals surface area contributed by atoms with Crippen molar-refractivity contribution >= 4 is 33.2 Å². The second-order valence-corrected chi connectivity index (χ2v) is 5.00. The van der Waals surface area contributed by atoms with E-state index in [1.54, 1.807) is 24.3 Å². The molecule has 0 aliphatic carbocycles. The van der Waals surface area contributed by atoms with E-state index in [0.717, 1.165) is 5.56 Å². The largest absolute Gasteiger partial charge is 0.487 e. The molecule has 2 nitrogen and oxygen atoms in total. The Balaban J connectivity index is 2.13. The summed E-state index contributed by atoms with van der Waals surface area (Å²) in [7, 11) is 0. The molecule has 2 aromatic carbocycles. The molecule has 0 aromatic heterocycles. The van der Waals surface area contributed by atoms with Crippen molar-refractivity contribution in [3.05, 3.63) is 57.3 Å². The average Bonchev–Trinajstić information content (AvgIpc) is 2.32. The Labute approximate surface area is 118 Å². The standard InChI is InChI=1S/C13H10BrClFNO/c14-11-6-10(16)3-1-8(11)7-18-13-5-9(15)2-4-12(13)17/h1-6H,7,17H2. The lowest BCUT2D eigenvalue weighted by Crippen LogP contribution is -1.99. The summed E-state index contributed by atoms with van der Waals surface area (Å²) in [6.07, 6.45) is 0. The predicted octanol–water partition coefficient (Wildman–Crippen LogP) is 4.40. The Morgan fingerprint density at radius 1 is 1.22 bits per heavy atom. The second kappa shape index (κ2) is 5.59. The van der Waals surface area contributed by atoms with Crippen LogP contribution in [0, 0.1) is 5.82 Å². The topological polar surface area (TPSA) is 35.2 Å². The van der Waals surface area contributed by atoms with Crippen molar-refractivity contribution in [3.63, 3.8) is 0 Å². The summed E-state index contributed by atoms with van der Waals surface area (Å²) in [5.74, 6) is 0.214. The zero-order chi connectivity index (χ0) is 13.1. The molecule has 94 valence electrons. The average molecular weight is 331 g/mol. The van der Waals surface area contributed by atoms with Gasteiger partial charge >= 0.3 is 0 Å². The van der Waals surface area contributed by atoms with Gasteiger partial charge < -0.3 is 10.5 Å². The fourth-order valence-electron chi connectivity index (χ4n) is 1.43. The maximum Gasteiger partial charge on any atom is 0.144 e. The summed E-state index contributed by atoms with van der Waals surface area (Å²) in [5, 5.41) is 0.553. The van der Waals surface area contributed by atoms with Gasteiger partial charge in [0.2, 0.25) is 0 Å². The van der Waals surface area contributed by atoms with Gasteiger partial charge in [0, 0.05) is 21.1 Å². The number of benzene rings is 2. The van der Waals surface area contributed by atoms with Crippen molar-refractivity contribution in [1.82, 2.24) is 0 Å². The Morgan fingerprint density at radius 3 is 2.72 bits per heavy atom. The van der Waals surface area contributed by atoms with Crippen LogP contribution in [0.5, 0.6) is 5.75 Å². The molecule has 0 saturated carbocycles. The molecule has 0 aliphatic heterocycles. The lowest BCUT2D eigenvalue weighted by atomic mass is 10.2. The highest BCUT2D eigenvalue weighted by atomic mass is 79.9. The summed E-state index contributed by atoms with van der Waals surface area (Å²) in [5.41, 5.74) is 7.10. The maximum absolute atomic E-state index is 12.9. The SMILES string of the molecule is Nc1ccc(Cl)cc1OCc1ccc(F)cc1Br. The highest BCUT2D eigenvalue weighted by Crippen LogP contribution is 2.27. The molecule has 0 heterocycles. The van der Waals surface area contributed by atoms with Crippen LogP contribution in [-0.4, -0.2) is 0 Å². The fraction of sp³-hybridized carbons (Fsp3) is 0.0769. The van der Waals surface area contributed by atoms with Gasteiger partial charge in [-0.15, -0.1) is 0 Å². The van der Waals surface area contributed by atoms with Crippen LogP contribution in [0.1, 0.15) is 5.56 Å². The normalized spacial score (nSPS) is 10.4. The minimum Gasteiger partial charge on any atom is -0.487 e. The van der Waals surface area contributed by atoms with Gasteiger partial charge in [0.25, 0.3) is 0 Å². The minimum absolute atomic E-state index is 0.283. The van der Waals surface area contributed by atoms with Crippen molar-refractivity contribution in [2.75, 3.05) is 5.73 Å². The number of nitrogen functional groups attached to an aromatic ring is 1. The van der Waals surface area contributed by atoms with Gasteiger partial charge in [-0.25, -0.2) is 4.39 Å². The van der Waals surface area contributed by atoms with Crippen LogP contribution in [0.3, 0.4) is 0 Å². The molecule has 0 fully saturated rings. The second-order valence-electron chi connectivity index (χ2n) is 3.71. The molecule has 18 heavy (non-hydrogen) atoms. The summed E-state index contributed by atoms with van der Waals surface area (Å²) in [4.78, 5) is 0. The highest BCUT2D eigenvalue weighted by molar-refractivity contribution is 9.10. The van der Waals surface area contributed by atoms with Crippen LogP contribution in [-0.2, 0) is 6.61 Å². The number of anilines is 1. The lowest BCUT2D eigenvalue weighted by Gasteiger charge is -2.10. The molecule has 0 bridgehead atoms. The molecule has 0 saturated heterocycles. The predicted molar refractivity (Wildman–Crippen MR) is 74.3 cm³/mol. The summed E-state index contributed by atoms with van der Waals surface area (Å²) in [6.45, 7) is 0.283. The van der Waals surface area contributed by atoms with E-state index in [2.05, 4.69) is 15.9 Å². The number of nitrogens with two attached hydrogens (primary N) is 1. The number of hydrogen-bond donors (Lipinski definition) is 1. The Kier molecular flexibility index (Phi) is 4.09. The highest BCUT2D eigenvalue weighted by Gasteiger charge is 2.05. The van der Waals surface area contributed by atoms with Crippen LogP contribution in [0.2, 0.25) is 5.02 Å². The zero-order valence-corrected chi connectivity index (χ0v) is 11.6. The Morgan fingerprint density at radius 2 is 2.00 bits per heavy atom. The van der Waals surface area contributed by atoms with Crippen molar-refractivity contribution in [3.8, 4) is 5.75 Å². The van der Waals surface area contributed by atoms with Gasteiger partial charge in [-0.1, -0.05) is 33.6 Å². The summed E-state index contributed by atoms with van der Waals surface area (Å²) in [6, 6.07) is 9.44. The zero-order valence-electron chi connectivity index (χ0n) is 9.29. The maximum atomic E-state index is 12.9. The molecule has 2 N–H and O–H groups in total. The minimum atomic E-state index is -0.298. The molecule has 2 rings (SSSR count). The van der Waals surface area contributed by atoms with E-state index in [-0.39, 0.29) is 12.4 Å². The van der Waals surface area contributed by atoms with Crippen molar-refractivity contribution in [1.29, 1.82) is 0 Å². The smallest absolute Gasteiger partial charge is 0.144 e. The third kappa shape index (κ3) is 3.15. The molecule has 0 aliphatic rings. The Bertz CT molecular complexity index is 577. The van der Waals surface area contributed by atoms with E-state index in [1.807, 2.05) is 0 Å². The monoisotopic (exact) mass is 329 g/mol. The molecule has 0 radical (unpaired) electrons. The number of ether oxygens (including phenoxy) is 1. The molecule has 0 unspecified atom stereocenters. The van der Waals surface area contributed by atoms with E-state index in [1.165, 1.54) is 12.1 Å². The van der Waals surface area contributed by atoms with Crippen molar-refractivity contribution in [2.45, 2.75) is 6.61 Å². The third-order valence-electron chi connectivity index (χ3n) is 2.37. The first-order valence-electron chi connectivity index (χ1n) is 5.18. The van der Waals surface area contributed by atoms with Gasteiger partial charge in [0.05, 0.1) is 5.69 Å². The van der Waals surface area contributed by atoms with Crippen LogP contribution < -0.4 is 10.5 Å². The van der Waals surface area contributed by atoms with E-state index in [4.69, 9.17) is 22.1 Å². The molecule has 0 spiro atoms. The quantitative estimate of drug-likeness (QED) is 0.846. The molecule has 0 amide bonds. The van der Waals surface area contributed by atoms with E-state index in [9.17, 15) is 4.39 Å². The molecule has 5 heteroatoms. The first-order valence-corrected chi connectivity index (χ1v) is 6.35. The van der Waals surface area contributed by atoms with Crippen LogP contribution >= 0.6 is 27.5 Å². The molecule has 0 atom stereocenters. The van der Waals surface area contributed by atoms with Gasteiger partial charge in [-0.3, -0.25) is 0 Å². The Hall–Kier alpha value is -1.26. The van der Waals surface area contributed by atoms with E-state index < -0.39 is 0 Å². The fourth-order valence-corrected chi connectivity index (χ4v) is 2.05. The van der Waals surface area contributed by atoms with Gasteiger partial charge in [0.15, 0.2) is 0 Å². The summed E-state index contributed by atoms with van der Waals surface area (Å²) >= 11 is 9.13. The number of hydrogen-bond acceptors (Lipinski definition) is 2. The van der Waals surface area contributed by atoms with Crippen LogP contribution in [0.25, 0.3) is 0 Å². The first-order chi connectivity index (χ1) is 8.56. The van der Waals surface area contributed by atoms with E-state index >= 15 is 0 Å². The number of rotatable bonds is 3. The van der Waals surface area contributed by atoms with Crippen molar-refractivity contribution < 1.29 is 9.13 Å². The molecular formula is C13H10BrClFNO. The van der Waals surface area contributed by atoms with Crippen LogP contribution in [0.4, 0.5) is 10.1 Å². The van der Waals surface area contributed by atoms with Gasteiger partial charge in [-0.05, 0) is 24.3 Å². The van der Waals surface area contributed by atoms with Crippen LogP contribution in [0.15, 0.2) is 40.9 Å². The van der Waals surface area contributed by atoms with E-state index in [0.29, 0.717) is 20.9 Å². The summed E-state index contributed by atoms with van der Waals surface area (Å²) < 4.78 is 19.1.